The SMILES string of the molecule is CCCCC(C#[N+][O-])(c1ccccc1)c1ccc(OCCOC(=O)CCCCO)cc1. The first-order valence-corrected chi connectivity index (χ1v) is 10.8. The number of aliphatic hydroxyl groups excluding tert-OH is 1. The molecule has 0 fully saturated rings. The molecule has 0 bridgehead atoms. The first-order valence-electron chi connectivity index (χ1n) is 10.8. The molecule has 6 heteroatoms. The Morgan fingerprint density at radius 3 is 2.39 bits per heavy atom. The van der Waals surface area contributed by atoms with Gasteiger partial charge in [-0.1, -0.05) is 62.2 Å². The minimum atomic E-state index is -0.707. The largest absolute Gasteiger partial charge is 0.498 e. The molecule has 0 aliphatic heterocycles. The third-order valence-electron chi connectivity index (χ3n) is 5.16. The van der Waals surface area contributed by atoms with Gasteiger partial charge in [-0.25, -0.2) is 0 Å². The van der Waals surface area contributed by atoms with Crippen LogP contribution in [0.4, 0.5) is 0 Å². The fourth-order valence-electron chi connectivity index (χ4n) is 3.49. The maximum absolute atomic E-state index is 11.6. The molecule has 0 saturated heterocycles. The lowest BCUT2D eigenvalue weighted by molar-refractivity contribution is -0.144. The van der Waals surface area contributed by atoms with Crippen molar-refractivity contribution in [2.75, 3.05) is 19.8 Å². The van der Waals surface area contributed by atoms with Gasteiger partial charge in [-0.2, -0.15) is 0 Å². The molecule has 0 aliphatic rings. The fraction of sp³-hybridized carbons (Fsp3) is 0.440. The van der Waals surface area contributed by atoms with Gasteiger partial charge in [0.05, 0.1) is 0 Å². The minimum absolute atomic E-state index is 0.0782. The van der Waals surface area contributed by atoms with E-state index in [0.717, 1.165) is 30.4 Å². The van der Waals surface area contributed by atoms with Crippen LogP contribution in [-0.2, 0) is 14.9 Å². The molecular formula is C25H31NO5. The van der Waals surface area contributed by atoms with Gasteiger partial charge in [-0.05, 0) is 42.5 Å². The Bertz CT molecular complexity index is 842. The van der Waals surface area contributed by atoms with Crippen molar-refractivity contribution in [1.29, 1.82) is 0 Å². The Hall–Kier alpha value is -3.04. The highest BCUT2D eigenvalue weighted by atomic mass is 16.6. The van der Waals surface area contributed by atoms with E-state index in [1.165, 1.54) is 0 Å². The molecule has 0 aliphatic carbocycles. The van der Waals surface area contributed by atoms with Crippen molar-refractivity contribution < 1.29 is 19.4 Å². The second-order valence-electron chi connectivity index (χ2n) is 7.35. The lowest BCUT2D eigenvalue weighted by Crippen LogP contribution is -2.26. The number of hydrogen-bond donors (Lipinski definition) is 1. The molecule has 0 amide bonds. The molecule has 1 unspecified atom stereocenters. The second-order valence-corrected chi connectivity index (χ2v) is 7.35. The monoisotopic (exact) mass is 425 g/mol. The van der Waals surface area contributed by atoms with Crippen LogP contribution in [0, 0.1) is 11.3 Å². The summed E-state index contributed by atoms with van der Waals surface area (Å²) in [5.74, 6) is 0.361. The molecule has 6 nitrogen and oxygen atoms in total. The number of hydrogen-bond acceptors (Lipinski definition) is 5. The second kappa shape index (κ2) is 13.3. The van der Waals surface area contributed by atoms with Crippen molar-refractivity contribution in [1.82, 2.24) is 0 Å². The summed E-state index contributed by atoms with van der Waals surface area (Å²) in [5, 5.41) is 23.0. The van der Waals surface area contributed by atoms with Gasteiger partial charge in [0.1, 0.15) is 19.0 Å². The molecular weight excluding hydrogens is 394 g/mol. The molecule has 0 radical (unpaired) electrons. The summed E-state index contributed by atoms with van der Waals surface area (Å²) < 4.78 is 10.8. The average molecular weight is 426 g/mol. The Labute approximate surface area is 184 Å². The van der Waals surface area contributed by atoms with Crippen molar-refractivity contribution in [3.63, 3.8) is 0 Å². The Morgan fingerprint density at radius 2 is 1.74 bits per heavy atom. The minimum Gasteiger partial charge on any atom is -0.498 e. The van der Waals surface area contributed by atoms with Crippen LogP contribution in [0.15, 0.2) is 54.6 Å². The van der Waals surface area contributed by atoms with Crippen LogP contribution in [0.5, 0.6) is 5.75 Å². The van der Waals surface area contributed by atoms with Crippen LogP contribution in [0.3, 0.4) is 0 Å². The molecule has 1 N–H and O–H groups in total. The van der Waals surface area contributed by atoms with Crippen molar-refractivity contribution >= 4 is 5.97 Å². The third-order valence-corrected chi connectivity index (χ3v) is 5.16. The highest BCUT2D eigenvalue weighted by Gasteiger charge is 2.38. The molecule has 2 aromatic carbocycles. The van der Waals surface area contributed by atoms with Crippen LogP contribution in [0.25, 0.3) is 5.01 Å². The van der Waals surface area contributed by atoms with E-state index in [4.69, 9.17) is 14.6 Å². The van der Waals surface area contributed by atoms with E-state index in [2.05, 4.69) is 18.0 Å². The molecule has 0 spiro atoms. The summed E-state index contributed by atoms with van der Waals surface area (Å²) in [6.07, 6.45) is 4.16. The zero-order chi connectivity index (χ0) is 22.4. The molecule has 0 heterocycles. The third kappa shape index (κ3) is 7.30. The quantitative estimate of drug-likeness (QED) is 0.275. The van der Waals surface area contributed by atoms with Crippen molar-refractivity contribution in [2.45, 2.75) is 50.9 Å². The Morgan fingerprint density at radius 1 is 1.03 bits per heavy atom. The van der Waals surface area contributed by atoms with Crippen LogP contribution >= 0.6 is 0 Å². The molecule has 0 saturated carbocycles. The summed E-state index contributed by atoms with van der Waals surface area (Å²) in [6, 6.07) is 20.2. The molecule has 1 atom stereocenters. The van der Waals surface area contributed by atoms with Gasteiger partial charge in [-0.3, -0.25) is 4.79 Å². The lowest BCUT2D eigenvalue weighted by Gasteiger charge is -2.25. The number of nitrogens with zero attached hydrogens (tertiary/aromatic N) is 1. The van der Waals surface area contributed by atoms with Gasteiger partial charge < -0.3 is 19.8 Å². The van der Waals surface area contributed by atoms with Gasteiger partial charge in [0.25, 0.3) is 0 Å². The van der Waals surface area contributed by atoms with E-state index in [9.17, 15) is 10.0 Å². The number of ether oxygens (including phenoxy) is 2. The smallest absolute Gasteiger partial charge is 0.314 e. The van der Waals surface area contributed by atoms with E-state index in [-0.39, 0.29) is 25.8 Å². The fourth-order valence-corrected chi connectivity index (χ4v) is 3.49. The Balaban J connectivity index is 2.04. The number of esters is 1. The standard InChI is InChI=1S/C25H31NO5/c1-2-3-16-25(20-26-29,21-9-5-4-6-10-21)22-12-14-23(15-13-22)30-18-19-31-24(28)11-7-8-17-27/h4-6,9-10,12-15,27H,2-3,7-8,11,16-19H2,1H3. The van der Waals surface area contributed by atoms with Crippen LogP contribution in [-0.4, -0.2) is 30.9 Å². The van der Waals surface area contributed by atoms with Gasteiger partial charge in [0, 0.05) is 18.0 Å². The normalized spacial score (nSPS) is 12.3. The predicted octanol–water partition coefficient (Wildman–Crippen LogP) is 5.08. The maximum atomic E-state index is 11.6. The van der Waals surface area contributed by atoms with Crippen molar-refractivity contribution in [3.05, 3.63) is 75.9 Å². The highest BCUT2D eigenvalue weighted by Crippen LogP contribution is 2.37. The van der Waals surface area contributed by atoms with Gasteiger partial charge in [0.15, 0.2) is 5.41 Å². The number of unbranched alkanes of at least 4 members (excludes halogenated alkanes) is 2. The van der Waals surface area contributed by atoms with Crippen LogP contribution < -0.4 is 4.74 Å². The molecule has 2 rings (SSSR count). The summed E-state index contributed by atoms with van der Waals surface area (Å²) in [5.41, 5.74) is 1.20. The van der Waals surface area contributed by atoms with E-state index >= 15 is 0 Å². The van der Waals surface area contributed by atoms with E-state index in [0.29, 0.717) is 25.0 Å². The average Bonchev–Trinajstić information content (AvgIpc) is 2.81. The zero-order valence-electron chi connectivity index (χ0n) is 18.1. The summed E-state index contributed by atoms with van der Waals surface area (Å²) >= 11 is 0. The molecule has 0 aromatic heterocycles. The maximum Gasteiger partial charge on any atom is 0.314 e. The van der Waals surface area contributed by atoms with E-state index in [1.807, 2.05) is 54.6 Å². The molecule has 2 aromatic rings. The number of carbonyl (C=O) groups excluding carboxylic acids is 1. The van der Waals surface area contributed by atoms with Gasteiger partial charge in [0.2, 0.25) is 0 Å². The number of rotatable bonds is 13. The predicted molar refractivity (Wildman–Crippen MR) is 121 cm³/mol. The number of benzene rings is 2. The first-order chi connectivity index (χ1) is 15.2. The van der Waals surface area contributed by atoms with Gasteiger partial charge >= 0.3 is 12.0 Å². The number of aliphatic hydroxyl groups is 1. The zero-order valence-corrected chi connectivity index (χ0v) is 18.1. The summed E-state index contributed by atoms with van der Waals surface area (Å²) in [7, 11) is 0. The highest BCUT2D eigenvalue weighted by molar-refractivity contribution is 5.69. The van der Waals surface area contributed by atoms with Crippen molar-refractivity contribution in [2.24, 2.45) is 0 Å². The molecule has 166 valence electrons. The number of carbonyl (C=O) groups is 1. The van der Waals surface area contributed by atoms with Crippen molar-refractivity contribution in [3.8, 4) is 11.8 Å². The van der Waals surface area contributed by atoms with Crippen LogP contribution in [0.2, 0.25) is 0 Å². The topological polar surface area (TPSA) is 83.2 Å². The summed E-state index contributed by atoms with van der Waals surface area (Å²) in [6.45, 7) is 2.61. The lowest BCUT2D eigenvalue weighted by atomic mass is 9.72. The van der Waals surface area contributed by atoms with E-state index in [1.54, 1.807) is 0 Å². The summed E-state index contributed by atoms with van der Waals surface area (Å²) in [4.78, 5) is 11.6. The Kier molecular flexibility index (Phi) is 10.4. The van der Waals surface area contributed by atoms with E-state index < -0.39 is 5.41 Å². The first kappa shape index (κ1) is 24.2. The van der Waals surface area contributed by atoms with Gasteiger partial charge in [-0.15, -0.1) is 0 Å². The van der Waals surface area contributed by atoms with Crippen LogP contribution in [0.1, 0.15) is 56.6 Å². The molecule has 31 heavy (non-hydrogen) atoms.